The molecule has 1 saturated heterocycles. The summed E-state index contributed by atoms with van der Waals surface area (Å²) in [5.74, 6) is -0.276. The van der Waals surface area contributed by atoms with Gasteiger partial charge in [-0.25, -0.2) is 4.39 Å². The van der Waals surface area contributed by atoms with E-state index >= 15 is 0 Å². The molecular weight excluding hydrogens is 281 g/mol. The number of nitrogens with one attached hydrogen (secondary N) is 1. The molecule has 1 aromatic carbocycles. The van der Waals surface area contributed by atoms with Gasteiger partial charge in [-0.1, -0.05) is 6.92 Å². The monoisotopic (exact) mass is 301 g/mol. The van der Waals surface area contributed by atoms with Gasteiger partial charge >= 0.3 is 0 Å². The third kappa shape index (κ3) is 2.89. The fourth-order valence-electron chi connectivity index (χ4n) is 3.05. The van der Waals surface area contributed by atoms with Crippen LogP contribution in [-0.4, -0.2) is 33.6 Å². The molecule has 2 aromatic rings. The molecule has 0 radical (unpaired) electrons. The van der Waals surface area contributed by atoms with Gasteiger partial charge in [0.05, 0.1) is 5.69 Å². The zero-order valence-electron chi connectivity index (χ0n) is 12.7. The third-order valence-corrected chi connectivity index (χ3v) is 4.31. The predicted molar refractivity (Wildman–Crippen MR) is 82.9 cm³/mol. The van der Waals surface area contributed by atoms with Gasteiger partial charge in [-0.3, -0.25) is 9.89 Å². The van der Waals surface area contributed by atoms with Gasteiger partial charge in [0, 0.05) is 18.2 Å². The molecule has 0 bridgehead atoms. The number of rotatable bonds is 3. The Labute approximate surface area is 129 Å². The number of aromatic amines is 1. The number of H-pyrrole nitrogens is 1. The number of nitrogens with zero attached hydrogens (tertiary/aromatic N) is 2. The fourth-order valence-corrected chi connectivity index (χ4v) is 3.05. The van der Waals surface area contributed by atoms with E-state index in [9.17, 15) is 9.18 Å². The number of halogens is 1. The number of hydrogen-bond acceptors (Lipinski definition) is 2. The van der Waals surface area contributed by atoms with Crippen LogP contribution in [0.5, 0.6) is 0 Å². The van der Waals surface area contributed by atoms with Crippen molar-refractivity contribution in [2.75, 3.05) is 6.54 Å². The maximum absolute atomic E-state index is 13.0. The van der Waals surface area contributed by atoms with E-state index in [2.05, 4.69) is 17.1 Å². The first kappa shape index (κ1) is 14.8. The summed E-state index contributed by atoms with van der Waals surface area (Å²) in [5, 5.41) is 7.01. The molecule has 0 saturated carbocycles. The van der Waals surface area contributed by atoms with E-state index in [0.717, 1.165) is 31.4 Å². The topological polar surface area (TPSA) is 49.0 Å². The molecule has 2 heterocycles. The molecule has 1 atom stereocenters. The highest BCUT2D eigenvalue weighted by atomic mass is 19.1. The summed E-state index contributed by atoms with van der Waals surface area (Å²) >= 11 is 0. The van der Waals surface area contributed by atoms with Gasteiger partial charge in [0.25, 0.3) is 5.91 Å². The van der Waals surface area contributed by atoms with Crippen LogP contribution in [0.15, 0.2) is 30.3 Å². The van der Waals surface area contributed by atoms with E-state index in [1.165, 1.54) is 18.6 Å². The molecular formula is C17H20FN3O. The minimum atomic E-state index is -0.283. The Morgan fingerprint density at radius 1 is 1.36 bits per heavy atom. The predicted octanol–water partition coefficient (Wildman–Crippen LogP) is 3.62. The Morgan fingerprint density at radius 2 is 2.14 bits per heavy atom. The van der Waals surface area contributed by atoms with Crippen LogP contribution < -0.4 is 0 Å². The summed E-state index contributed by atoms with van der Waals surface area (Å²) < 4.78 is 13.0. The Bertz CT molecular complexity index is 650. The molecule has 1 N–H and O–H groups in total. The maximum Gasteiger partial charge on any atom is 0.272 e. The first-order chi connectivity index (χ1) is 10.7. The standard InChI is InChI=1S/C17H20FN3O/c1-2-14-5-3-4-10-21(14)17(22)16-11-15(19-20-16)12-6-8-13(18)9-7-12/h6-9,11,14H,2-5,10H2,1H3,(H,19,20)/t14-/m0/s1. The summed E-state index contributed by atoms with van der Waals surface area (Å²) in [6, 6.07) is 8.17. The molecule has 4 nitrogen and oxygen atoms in total. The molecule has 3 rings (SSSR count). The minimum absolute atomic E-state index is 0.00686. The first-order valence-corrected chi connectivity index (χ1v) is 7.81. The van der Waals surface area contributed by atoms with Gasteiger partial charge in [0.1, 0.15) is 11.5 Å². The molecule has 0 aliphatic carbocycles. The Hall–Kier alpha value is -2.17. The van der Waals surface area contributed by atoms with E-state index in [4.69, 9.17) is 0 Å². The average molecular weight is 301 g/mol. The first-order valence-electron chi connectivity index (χ1n) is 7.81. The van der Waals surface area contributed by atoms with E-state index in [1.54, 1.807) is 18.2 Å². The number of aromatic nitrogens is 2. The molecule has 1 aliphatic heterocycles. The van der Waals surface area contributed by atoms with Gasteiger partial charge in [0.2, 0.25) is 0 Å². The van der Waals surface area contributed by atoms with Crippen LogP contribution in [0, 0.1) is 5.82 Å². The van der Waals surface area contributed by atoms with Gasteiger partial charge in [0.15, 0.2) is 0 Å². The van der Waals surface area contributed by atoms with Crippen molar-refractivity contribution >= 4 is 5.91 Å². The Kier molecular flexibility index (Phi) is 4.22. The van der Waals surface area contributed by atoms with Crippen LogP contribution in [0.2, 0.25) is 0 Å². The zero-order valence-corrected chi connectivity index (χ0v) is 12.7. The van der Waals surface area contributed by atoms with Gasteiger partial charge in [-0.05, 0) is 56.0 Å². The molecule has 22 heavy (non-hydrogen) atoms. The van der Waals surface area contributed by atoms with Crippen molar-refractivity contribution in [3.8, 4) is 11.3 Å². The van der Waals surface area contributed by atoms with Crippen LogP contribution in [0.4, 0.5) is 4.39 Å². The van der Waals surface area contributed by atoms with Crippen molar-refractivity contribution in [2.24, 2.45) is 0 Å². The smallest absolute Gasteiger partial charge is 0.272 e. The molecule has 5 heteroatoms. The lowest BCUT2D eigenvalue weighted by Crippen LogP contribution is -2.43. The number of carbonyl (C=O) groups excluding carboxylic acids is 1. The maximum atomic E-state index is 13.0. The SMILES string of the molecule is CC[C@H]1CCCCN1C(=O)c1cc(-c2ccc(F)cc2)n[nH]1. The Morgan fingerprint density at radius 3 is 2.86 bits per heavy atom. The number of hydrogen-bond donors (Lipinski definition) is 1. The van der Waals surface area contributed by atoms with Crippen molar-refractivity contribution in [1.29, 1.82) is 0 Å². The van der Waals surface area contributed by atoms with Crippen molar-refractivity contribution in [2.45, 2.75) is 38.6 Å². The fraction of sp³-hybridized carbons (Fsp3) is 0.412. The zero-order chi connectivity index (χ0) is 15.5. The van der Waals surface area contributed by atoms with Gasteiger partial charge in [-0.2, -0.15) is 5.10 Å². The molecule has 0 unspecified atom stereocenters. The van der Waals surface area contributed by atoms with E-state index < -0.39 is 0 Å². The number of carbonyl (C=O) groups is 1. The van der Waals surface area contributed by atoms with E-state index in [1.807, 2.05) is 4.90 Å². The van der Waals surface area contributed by atoms with Crippen LogP contribution in [0.1, 0.15) is 43.1 Å². The second-order valence-electron chi connectivity index (χ2n) is 5.73. The highest BCUT2D eigenvalue weighted by molar-refractivity contribution is 5.93. The number of amides is 1. The molecule has 1 aliphatic rings. The number of likely N-dealkylation sites (tertiary alicyclic amines) is 1. The lowest BCUT2D eigenvalue weighted by Gasteiger charge is -2.34. The second kappa shape index (κ2) is 6.30. The quantitative estimate of drug-likeness (QED) is 0.941. The van der Waals surface area contributed by atoms with Gasteiger partial charge in [-0.15, -0.1) is 0 Å². The average Bonchev–Trinajstić information content (AvgIpc) is 3.05. The largest absolute Gasteiger partial charge is 0.334 e. The summed E-state index contributed by atoms with van der Waals surface area (Å²) in [6.07, 6.45) is 4.29. The van der Waals surface area contributed by atoms with Crippen LogP contribution in [0.3, 0.4) is 0 Å². The summed E-state index contributed by atoms with van der Waals surface area (Å²) in [6.45, 7) is 2.93. The van der Waals surface area contributed by atoms with Gasteiger partial charge < -0.3 is 4.90 Å². The number of piperidine rings is 1. The van der Waals surface area contributed by atoms with E-state index in [-0.39, 0.29) is 11.7 Å². The molecule has 116 valence electrons. The van der Waals surface area contributed by atoms with Crippen molar-refractivity contribution in [1.82, 2.24) is 15.1 Å². The molecule has 1 aromatic heterocycles. The minimum Gasteiger partial charge on any atom is -0.334 e. The Balaban J connectivity index is 1.80. The molecule has 1 fully saturated rings. The van der Waals surface area contributed by atoms with Crippen molar-refractivity contribution in [3.05, 3.63) is 41.8 Å². The van der Waals surface area contributed by atoms with Crippen molar-refractivity contribution in [3.63, 3.8) is 0 Å². The normalized spacial score (nSPS) is 18.5. The summed E-state index contributed by atoms with van der Waals surface area (Å²) in [7, 11) is 0. The highest BCUT2D eigenvalue weighted by Crippen LogP contribution is 2.23. The van der Waals surface area contributed by atoms with E-state index in [0.29, 0.717) is 17.4 Å². The third-order valence-electron chi connectivity index (χ3n) is 4.31. The highest BCUT2D eigenvalue weighted by Gasteiger charge is 2.27. The molecule has 0 spiro atoms. The summed E-state index contributed by atoms with van der Waals surface area (Å²) in [5.41, 5.74) is 1.95. The number of benzene rings is 1. The lowest BCUT2D eigenvalue weighted by atomic mass is 9.99. The van der Waals surface area contributed by atoms with Crippen LogP contribution >= 0.6 is 0 Å². The summed E-state index contributed by atoms with van der Waals surface area (Å²) in [4.78, 5) is 14.6. The van der Waals surface area contributed by atoms with Crippen LogP contribution in [0.25, 0.3) is 11.3 Å². The lowest BCUT2D eigenvalue weighted by molar-refractivity contribution is 0.0602. The van der Waals surface area contributed by atoms with Crippen molar-refractivity contribution < 1.29 is 9.18 Å². The molecule has 1 amide bonds. The van der Waals surface area contributed by atoms with Crippen LogP contribution in [-0.2, 0) is 0 Å². The second-order valence-corrected chi connectivity index (χ2v) is 5.73.